The number of rotatable bonds is 3. The van der Waals surface area contributed by atoms with Crippen LogP contribution in [0, 0.1) is 0 Å². The molecule has 1 aromatic rings. The van der Waals surface area contributed by atoms with Crippen LogP contribution >= 0.6 is 0 Å². The third-order valence-corrected chi connectivity index (χ3v) is 2.94. The van der Waals surface area contributed by atoms with Crippen molar-refractivity contribution in [2.45, 2.75) is 32.6 Å². The summed E-state index contributed by atoms with van der Waals surface area (Å²) in [6.45, 7) is 6.96. The van der Waals surface area contributed by atoms with Gasteiger partial charge >= 0.3 is 0 Å². The highest BCUT2D eigenvalue weighted by atomic mass is 16.5. The number of anilines is 1. The van der Waals surface area contributed by atoms with Crippen LogP contribution in [-0.2, 0) is 11.3 Å². The Morgan fingerprint density at radius 1 is 1.41 bits per heavy atom. The van der Waals surface area contributed by atoms with Gasteiger partial charge in [-0.3, -0.25) is 4.98 Å². The van der Waals surface area contributed by atoms with Gasteiger partial charge in [-0.25, -0.2) is 0 Å². The van der Waals surface area contributed by atoms with E-state index in [0.717, 1.165) is 25.3 Å². The summed E-state index contributed by atoms with van der Waals surface area (Å²) in [6.07, 6.45) is 2.46. The zero-order valence-corrected chi connectivity index (χ0v) is 10.8. The average molecular weight is 235 g/mol. The number of pyridine rings is 1. The topological polar surface area (TPSA) is 37.4 Å². The predicted octanol–water partition coefficient (Wildman–Crippen LogP) is 1.41. The highest BCUT2D eigenvalue weighted by Gasteiger charge is 2.22. The minimum absolute atomic E-state index is 0.291. The number of aromatic nitrogens is 1. The minimum atomic E-state index is 0.291. The molecule has 1 fully saturated rings. The Balaban J connectivity index is 2.12. The van der Waals surface area contributed by atoms with E-state index in [1.165, 1.54) is 5.69 Å². The molecular formula is C13H21N3O. The van der Waals surface area contributed by atoms with E-state index in [2.05, 4.69) is 41.2 Å². The molecular weight excluding hydrogens is 214 g/mol. The van der Waals surface area contributed by atoms with Crippen molar-refractivity contribution < 1.29 is 4.74 Å². The van der Waals surface area contributed by atoms with Crippen LogP contribution in [-0.4, -0.2) is 37.3 Å². The molecule has 0 aliphatic carbocycles. The fourth-order valence-corrected chi connectivity index (χ4v) is 2.33. The van der Waals surface area contributed by atoms with E-state index < -0.39 is 0 Å². The molecule has 2 atom stereocenters. The van der Waals surface area contributed by atoms with Crippen LogP contribution in [0.4, 0.5) is 5.69 Å². The summed E-state index contributed by atoms with van der Waals surface area (Å²) in [5.74, 6) is 0. The molecule has 0 aromatic carbocycles. The molecule has 1 aliphatic heterocycles. The zero-order chi connectivity index (χ0) is 12.3. The summed E-state index contributed by atoms with van der Waals surface area (Å²) in [7, 11) is 1.94. The first-order valence-electron chi connectivity index (χ1n) is 6.19. The minimum Gasteiger partial charge on any atom is -0.372 e. The molecule has 1 aromatic heterocycles. The molecule has 0 bridgehead atoms. The van der Waals surface area contributed by atoms with E-state index >= 15 is 0 Å². The molecule has 0 spiro atoms. The Morgan fingerprint density at radius 2 is 2.12 bits per heavy atom. The summed E-state index contributed by atoms with van der Waals surface area (Å²) >= 11 is 0. The lowest BCUT2D eigenvalue weighted by Crippen LogP contribution is -2.45. The highest BCUT2D eigenvalue weighted by molar-refractivity contribution is 5.47. The second-order valence-corrected chi connectivity index (χ2v) is 4.70. The van der Waals surface area contributed by atoms with Crippen molar-refractivity contribution in [1.82, 2.24) is 10.3 Å². The van der Waals surface area contributed by atoms with Crippen LogP contribution in [0.1, 0.15) is 19.5 Å². The van der Waals surface area contributed by atoms with E-state index in [1.807, 2.05) is 13.2 Å². The van der Waals surface area contributed by atoms with Gasteiger partial charge in [-0.2, -0.15) is 0 Å². The molecule has 4 nitrogen and oxygen atoms in total. The van der Waals surface area contributed by atoms with Gasteiger partial charge in [0.1, 0.15) is 0 Å². The quantitative estimate of drug-likeness (QED) is 0.859. The summed E-state index contributed by atoms with van der Waals surface area (Å²) in [5.41, 5.74) is 2.32. The van der Waals surface area contributed by atoms with E-state index in [-0.39, 0.29) is 0 Å². The molecule has 0 unspecified atom stereocenters. The number of ether oxygens (including phenoxy) is 1. The van der Waals surface area contributed by atoms with Crippen molar-refractivity contribution in [2.75, 3.05) is 25.0 Å². The molecule has 0 amide bonds. The van der Waals surface area contributed by atoms with Crippen molar-refractivity contribution in [2.24, 2.45) is 0 Å². The van der Waals surface area contributed by atoms with Crippen molar-refractivity contribution in [1.29, 1.82) is 0 Å². The lowest BCUT2D eigenvalue weighted by molar-refractivity contribution is -0.00522. The lowest BCUT2D eigenvalue weighted by atomic mass is 10.2. The van der Waals surface area contributed by atoms with E-state index in [1.54, 1.807) is 0 Å². The largest absolute Gasteiger partial charge is 0.372 e. The lowest BCUT2D eigenvalue weighted by Gasteiger charge is -2.36. The molecule has 1 aliphatic rings. The van der Waals surface area contributed by atoms with Gasteiger partial charge in [-0.15, -0.1) is 0 Å². The van der Waals surface area contributed by atoms with Crippen molar-refractivity contribution in [3.8, 4) is 0 Å². The monoisotopic (exact) mass is 235 g/mol. The highest BCUT2D eigenvalue weighted by Crippen LogP contribution is 2.20. The van der Waals surface area contributed by atoms with Gasteiger partial charge in [0.15, 0.2) is 0 Å². The van der Waals surface area contributed by atoms with E-state index in [9.17, 15) is 0 Å². The third-order valence-electron chi connectivity index (χ3n) is 2.94. The Kier molecular flexibility index (Phi) is 3.97. The van der Waals surface area contributed by atoms with Gasteiger partial charge in [0.2, 0.25) is 0 Å². The number of hydrogen-bond donors (Lipinski definition) is 1. The Morgan fingerprint density at radius 3 is 2.76 bits per heavy atom. The van der Waals surface area contributed by atoms with Gasteiger partial charge in [-0.05, 0) is 33.0 Å². The van der Waals surface area contributed by atoms with Gasteiger partial charge in [0, 0.05) is 31.5 Å². The number of nitrogens with one attached hydrogen (secondary N) is 1. The zero-order valence-electron chi connectivity index (χ0n) is 10.8. The molecule has 2 heterocycles. The van der Waals surface area contributed by atoms with Crippen molar-refractivity contribution in [3.63, 3.8) is 0 Å². The number of morpholine rings is 1. The predicted molar refractivity (Wildman–Crippen MR) is 69.2 cm³/mol. The second-order valence-electron chi connectivity index (χ2n) is 4.70. The fourth-order valence-electron chi connectivity index (χ4n) is 2.33. The summed E-state index contributed by atoms with van der Waals surface area (Å²) in [6, 6.07) is 4.23. The number of hydrogen-bond acceptors (Lipinski definition) is 4. The molecule has 1 saturated heterocycles. The Labute approximate surface area is 103 Å². The summed E-state index contributed by atoms with van der Waals surface area (Å²) < 4.78 is 5.75. The van der Waals surface area contributed by atoms with Gasteiger partial charge < -0.3 is 15.0 Å². The maximum atomic E-state index is 5.75. The van der Waals surface area contributed by atoms with Crippen LogP contribution < -0.4 is 10.2 Å². The van der Waals surface area contributed by atoms with Crippen LogP contribution in [0.25, 0.3) is 0 Å². The van der Waals surface area contributed by atoms with Gasteiger partial charge in [0.25, 0.3) is 0 Å². The van der Waals surface area contributed by atoms with Crippen molar-refractivity contribution in [3.05, 3.63) is 24.0 Å². The molecule has 0 saturated carbocycles. The SMILES string of the molecule is CNCc1cc(N2C[C@@H](C)O[C@@H](C)C2)ccn1. The molecule has 2 rings (SSSR count). The average Bonchev–Trinajstić information content (AvgIpc) is 2.28. The Hall–Kier alpha value is -1.13. The molecule has 17 heavy (non-hydrogen) atoms. The first-order chi connectivity index (χ1) is 8.19. The smallest absolute Gasteiger partial charge is 0.0726 e. The van der Waals surface area contributed by atoms with Crippen LogP contribution in [0.3, 0.4) is 0 Å². The Bertz CT molecular complexity index is 359. The molecule has 94 valence electrons. The second kappa shape index (κ2) is 5.47. The van der Waals surface area contributed by atoms with Crippen LogP contribution in [0.15, 0.2) is 18.3 Å². The standard InChI is InChI=1S/C13H21N3O/c1-10-8-16(9-11(2)17-10)13-4-5-15-12(6-13)7-14-3/h4-6,10-11,14H,7-9H2,1-3H3/t10-,11+. The number of nitrogens with zero attached hydrogens (tertiary/aromatic N) is 2. The van der Waals surface area contributed by atoms with Crippen molar-refractivity contribution >= 4 is 5.69 Å². The summed E-state index contributed by atoms with van der Waals surface area (Å²) in [4.78, 5) is 6.72. The summed E-state index contributed by atoms with van der Waals surface area (Å²) in [5, 5.41) is 3.13. The first-order valence-corrected chi connectivity index (χ1v) is 6.19. The van der Waals surface area contributed by atoms with E-state index in [0.29, 0.717) is 12.2 Å². The maximum absolute atomic E-state index is 5.75. The molecule has 1 N–H and O–H groups in total. The van der Waals surface area contributed by atoms with Crippen LogP contribution in [0.5, 0.6) is 0 Å². The van der Waals surface area contributed by atoms with Crippen LogP contribution in [0.2, 0.25) is 0 Å². The van der Waals surface area contributed by atoms with Gasteiger partial charge in [0.05, 0.1) is 17.9 Å². The molecule has 4 heteroatoms. The van der Waals surface area contributed by atoms with E-state index in [4.69, 9.17) is 4.74 Å². The molecule has 0 radical (unpaired) electrons. The normalized spacial score (nSPS) is 25.0. The fraction of sp³-hybridized carbons (Fsp3) is 0.615. The third kappa shape index (κ3) is 3.17. The van der Waals surface area contributed by atoms with Gasteiger partial charge in [-0.1, -0.05) is 0 Å². The maximum Gasteiger partial charge on any atom is 0.0726 e. The first kappa shape index (κ1) is 12.3.